The lowest BCUT2D eigenvalue weighted by atomic mass is 9.49. The number of sulfonamides is 1. The SMILES string of the molecule is BC(B)(B)NC(=O)c1nnc(NC(=O)C2CC2)cc1Nc1cccc(-c2ccn(CCNS(C)(=O)=O)n2)c1OC. The van der Waals surface area contributed by atoms with Crippen molar-refractivity contribution in [3.05, 3.63) is 42.2 Å². The molecule has 2 heterocycles. The van der Waals surface area contributed by atoms with Crippen LogP contribution in [0.4, 0.5) is 17.2 Å². The maximum Gasteiger partial charge on any atom is 0.272 e. The molecule has 3 aromatic rings. The van der Waals surface area contributed by atoms with E-state index in [0.717, 1.165) is 19.1 Å². The Morgan fingerprint density at radius 1 is 1.15 bits per heavy atom. The van der Waals surface area contributed by atoms with Crippen LogP contribution in [0.1, 0.15) is 23.3 Å². The van der Waals surface area contributed by atoms with Crippen molar-refractivity contribution < 1.29 is 22.7 Å². The second-order valence-corrected chi connectivity index (χ2v) is 12.4. The van der Waals surface area contributed by atoms with E-state index in [9.17, 15) is 18.0 Å². The molecule has 1 aliphatic rings. The molecule has 0 atom stereocenters. The summed E-state index contributed by atoms with van der Waals surface area (Å²) in [5.74, 6) is 0.0989. The van der Waals surface area contributed by atoms with Crippen LogP contribution in [-0.4, -0.2) is 88.9 Å². The van der Waals surface area contributed by atoms with E-state index >= 15 is 0 Å². The first-order valence-electron chi connectivity index (χ1n) is 12.8. The molecule has 4 rings (SSSR count). The molecule has 17 heteroatoms. The molecule has 1 saturated carbocycles. The molecule has 4 N–H and O–H groups in total. The smallest absolute Gasteiger partial charge is 0.272 e. The van der Waals surface area contributed by atoms with E-state index < -0.39 is 21.2 Å². The number of ether oxygens (including phenoxy) is 1. The first-order chi connectivity index (χ1) is 18.8. The molecule has 40 heavy (non-hydrogen) atoms. The lowest BCUT2D eigenvalue weighted by Gasteiger charge is -2.22. The molecule has 2 aromatic heterocycles. The number of benzene rings is 1. The third-order valence-corrected chi connectivity index (χ3v) is 6.54. The molecule has 1 fully saturated rings. The fourth-order valence-corrected chi connectivity index (χ4v) is 4.33. The number of nitrogens with one attached hydrogen (secondary N) is 4. The highest BCUT2D eigenvalue weighted by atomic mass is 32.2. The Morgan fingerprint density at radius 3 is 2.55 bits per heavy atom. The van der Waals surface area contributed by atoms with Crippen LogP contribution in [-0.2, 0) is 21.4 Å². The van der Waals surface area contributed by atoms with E-state index in [2.05, 4.69) is 36.0 Å². The van der Waals surface area contributed by atoms with Gasteiger partial charge in [0.05, 0.1) is 37.0 Å². The van der Waals surface area contributed by atoms with E-state index in [0.29, 0.717) is 34.9 Å². The summed E-state index contributed by atoms with van der Waals surface area (Å²) in [5, 5.41) is 21.1. The Balaban J connectivity index is 1.64. The van der Waals surface area contributed by atoms with Crippen molar-refractivity contribution in [2.45, 2.75) is 24.6 Å². The summed E-state index contributed by atoms with van der Waals surface area (Å²) in [6.45, 7) is 0.546. The van der Waals surface area contributed by atoms with Gasteiger partial charge in [0.2, 0.25) is 15.9 Å². The summed E-state index contributed by atoms with van der Waals surface area (Å²) in [5.41, 5.74) is 2.19. The Hall–Kier alpha value is -3.85. The zero-order chi connectivity index (χ0) is 29.1. The van der Waals surface area contributed by atoms with Crippen LogP contribution in [0.25, 0.3) is 11.3 Å². The molecule has 0 spiro atoms. The summed E-state index contributed by atoms with van der Waals surface area (Å²) < 4.78 is 32.5. The molecule has 0 bridgehead atoms. The minimum Gasteiger partial charge on any atom is -0.494 e. The number of hydrogen-bond donors (Lipinski definition) is 4. The molecular weight excluding hydrogens is 533 g/mol. The quantitative estimate of drug-likeness (QED) is 0.186. The standard InChI is InChI=1S/C23H31B3N8O5S/c1-39-20-14(15-8-10-34(33-15)11-9-27-40(2,37)38)4-3-5-16(20)28-17-12-18(29-21(35)13-6-7-13)31-32-19(17)22(36)30-23(24,25)26/h3-5,8,10,12-13,27H,6-7,9,11,24-26H2,1-2H3,(H,30,36)(H2,28,29,31,35). The van der Waals surface area contributed by atoms with Gasteiger partial charge in [-0.3, -0.25) is 14.3 Å². The summed E-state index contributed by atoms with van der Waals surface area (Å²) in [6.07, 6.45) is 4.52. The molecule has 0 unspecified atom stereocenters. The van der Waals surface area contributed by atoms with Gasteiger partial charge < -0.3 is 20.7 Å². The van der Waals surface area contributed by atoms with Gasteiger partial charge in [-0.1, -0.05) is 6.07 Å². The lowest BCUT2D eigenvalue weighted by Crippen LogP contribution is -2.50. The minimum atomic E-state index is -3.30. The van der Waals surface area contributed by atoms with Gasteiger partial charge in [-0.15, -0.1) is 10.2 Å². The van der Waals surface area contributed by atoms with E-state index in [1.807, 2.05) is 35.7 Å². The van der Waals surface area contributed by atoms with Crippen molar-refractivity contribution in [3.63, 3.8) is 0 Å². The molecule has 0 saturated heterocycles. The van der Waals surface area contributed by atoms with Gasteiger partial charge in [0.1, 0.15) is 23.5 Å². The van der Waals surface area contributed by atoms with E-state index in [4.69, 9.17) is 4.74 Å². The van der Waals surface area contributed by atoms with Crippen LogP contribution in [0.3, 0.4) is 0 Å². The first-order valence-corrected chi connectivity index (χ1v) is 14.7. The topological polar surface area (TPSA) is 169 Å². The highest BCUT2D eigenvalue weighted by Gasteiger charge is 2.30. The molecular formula is C23H31B3N8O5S. The molecule has 13 nitrogen and oxygen atoms in total. The fraction of sp³-hybridized carbons (Fsp3) is 0.348. The number of para-hydroxylation sites is 1. The number of hydrogen-bond acceptors (Lipinski definition) is 9. The minimum absolute atomic E-state index is 0.0270. The van der Waals surface area contributed by atoms with Crippen molar-refractivity contribution in [1.82, 2.24) is 30.0 Å². The molecule has 0 aliphatic heterocycles. The number of anilines is 3. The number of rotatable bonds is 12. The maximum absolute atomic E-state index is 13.1. The van der Waals surface area contributed by atoms with Gasteiger partial charge in [0.25, 0.3) is 5.91 Å². The molecule has 1 aliphatic carbocycles. The van der Waals surface area contributed by atoms with E-state index in [-0.39, 0.29) is 29.9 Å². The summed E-state index contributed by atoms with van der Waals surface area (Å²) in [7, 11) is 3.81. The van der Waals surface area contributed by atoms with Gasteiger partial charge in [-0.2, -0.15) is 5.10 Å². The van der Waals surface area contributed by atoms with Gasteiger partial charge in [0, 0.05) is 30.3 Å². The average Bonchev–Trinajstić information content (AvgIpc) is 3.61. The van der Waals surface area contributed by atoms with Crippen molar-refractivity contribution in [3.8, 4) is 17.0 Å². The monoisotopic (exact) mass is 564 g/mol. The Labute approximate surface area is 235 Å². The van der Waals surface area contributed by atoms with Crippen LogP contribution in [0.15, 0.2) is 36.5 Å². The third-order valence-electron chi connectivity index (χ3n) is 5.81. The average molecular weight is 564 g/mol. The zero-order valence-corrected chi connectivity index (χ0v) is 23.9. The summed E-state index contributed by atoms with van der Waals surface area (Å²) >= 11 is 0. The number of aromatic nitrogens is 4. The van der Waals surface area contributed by atoms with E-state index in [1.54, 1.807) is 29.1 Å². The van der Waals surface area contributed by atoms with Crippen molar-refractivity contribution in [2.75, 3.05) is 30.5 Å². The number of nitrogens with zero attached hydrogens (tertiary/aromatic N) is 4. The molecule has 1 aromatic carbocycles. The highest BCUT2D eigenvalue weighted by molar-refractivity contribution is 7.88. The van der Waals surface area contributed by atoms with E-state index in [1.165, 1.54) is 7.11 Å². The fourth-order valence-electron chi connectivity index (χ4n) is 3.87. The normalized spacial score (nSPS) is 13.4. The van der Waals surface area contributed by atoms with Crippen LogP contribution in [0.2, 0.25) is 0 Å². The number of carbonyl (C=O) groups is 2. The zero-order valence-electron chi connectivity index (χ0n) is 23.1. The Kier molecular flexibility index (Phi) is 8.54. The summed E-state index contributed by atoms with van der Waals surface area (Å²) in [6, 6.07) is 8.79. The van der Waals surface area contributed by atoms with Crippen LogP contribution >= 0.6 is 0 Å². The second kappa shape index (κ2) is 11.7. The van der Waals surface area contributed by atoms with Crippen molar-refractivity contribution in [1.29, 1.82) is 0 Å². The van der Waals surface area contributed by atoms with Gasteiger partial charge >= 0.3 is 0 Å². The highest BCUT2D eigenvalue weighted by Crippen LogP contribution is 2.38. The van der Waals surface area contributed by atoms with Crippen LogP contribution < -0.4 is 25.4 Å². The van der Waals surface area contributed by atoms with Crippen LogP contribution in [0, 0.1) is 5.92 Å². The second-order valence-electron chi connectivity index (χ2n) is 10.6. The van der Waals surface area contributed by atoms with Crippen molar-refractivity contribution in [2.24, 2.45) is 5.92 Å². The number of methoxy groups -OCH3 is 1. The molecule has 208 valence electrons. The maximum atomic E-state index is 13.1. The van der Waals surface area contributed by atoms with Crippen LogP contribution in [0.5, 0.6) is 5.75 Å². The Bertz CT molecular complexity index is 1520. The Morgan fingerprint density at radius 2 is 1.90 bits per heavy atom. The lowest BCUT2D eigenvalue weighted by molar-refractivity contribution is -0.117. The number of amides is 2. The third kappa shape index (κ3) is 7.85. The molecule has 0 radical (unpaired) electrons. The van der Waals surface area contributed by atoms with Gasteiger partial charge in [-0.25, -0.2) is 13.1 Å². The van der Waals surface area contributed by atoms with Crippen molar-refractivity contribution >= 4 is 62.6 Å². The summed E-state index contributed by atoms with van der Waals surface area (Å²) in [4.78, 5) is 25.4. The van der Waals surface area contributed by atoms with Gasteiger partial charge in [-0.05, 0) is 36.3 Å². The first kappa shape index (κ1) is 29.1. The molecule has 2 amide bonds. The largest absolute Gasteiger partial charge is 0.494 e. The predicted octanol–water partition coefficient (Wildman–Crippen LogP) is -1.77. The number of carbonyl (C=O) groups excluding carboxylic acids is 2. The predicted molar refractivity (Wildman–Crippen MR) is 160 cm³/mol. The van der Waals surface area contributed by atoms with Gasteiger partial charge in [0.15, 0.2) is 17.3 Å².